The average Bonchev–Trinajstić information content (AvgIpc) is 2.55. The quantitative estimate of drug-likeness (QED) is 0.802. The Morgan fingerprint density at radius 2 is 1.87 bits per heavy atom. The van der Waals surface area contributed by atoms with Gasteiger partial charge in [-0.2, -0.15) is 5.26 Å². The largest absolute Gasteiger partial charge is 0.422 e. The first-order chi connectivity index (χ1) is 11.1. The van der Waals surface area contributed by atoms with E-state index in [9.17, 15) is 10.1 Å². The Balaban J connectivity index is 2.14. The zero-order valence-corrected chi connectivity index (χ0v) is 13.8. The summed E-state index contributed by atoms with van der Waals surface area (Å²) in [6.45, 7) is 1.65. The SMILES string of the molecule is N#Cc1c(N2CCCCC2)cc(-c2ccc(Cl)cc2Cl)oc1=O. The molecule has 4 nitrogen and oxygen atoms in total. The van der Waals surface area contributed by atoms with Gasteiger partial charge in [-0.3, -0.25) is 0 Å². The van der Waals surface area contributed by atoms with Crippen LogP contribution in [0.25, 0.3) is 11.3 Å². The lowest BCUT2D eigenvalue weighted by Crippen LogP contribution is -2.31. The van der Waals surface area contributed by atoms with Gasteiger partial charge >= 0.3 is 5.63 Å². The van der Waals surface area contributed by atoms with Crippen molar-refractivity contribution in [3.8, 4) is 17.4 Å². The fraction of sp³-hybridized carbons (Fsp3) is 0.294. The third-order valence-electron chi connectivity index (χ3n) is 3.94. The molecule has 0 atom stereocenters. The predicted octanol–water partition coefficient (Wildman–Crippen LogP) is 4.48. The first-order valence-corrected chi connectivity index (χ1v) is 8.14. The Kier molecular flexibility index (Phi) is 4.61. The maximum absolute atomic E-state index is 12.2. The van der Waals surface area contributed by atoms with Gasteiger partial charge in [-0.25, -0.2) is 4.79 Å². The molecule has 0 amide bonds. The van der Waals surface area contributed by atoms with Crippen molar-refractivity contribution in [1.82, 2.24) is 0 Å². The molecule has 3 rings (SSSR count). The first-order valence-electron chi connectivity index (χ1n) is 7.39. The van der Waals surface area contributed by atoms with Crippen LogP contribution >= 0.6 is 23.2 Å². The Hall–Kier alpha value is -1.96. The van der Waals surface area contributed by atoms with Crippen molar-refractivity contribution < 1.29 is 4.42 Å². The Morgan fingerprint density at radius 3 is 2.52 bits per heavy atom. The second-order valence-corrected chi connectivity index (χ2v) is 6.29. The minimum Gasteiger partial charge on any atom is -0.422 e. The van der Waals surface area contributed by atoms with Crippen LogP contribution in [0.1, 0.15) is 24.8 Å². The second kappa shape index (κ2) is 6.66. The molecule has 1 fully saturated rings. The van der Waals surface area contributed by atoms with E-state index in [4.69, 9.17) is 27.6 Å². The van der Waals surface area contributed by atoms with E-state index in [0.717, 1.165) is 32.4 Å². The second-order valence-electron chi connectivity index (χ2n) is 5.44. The summed E-state index contributed by atoms with van der Waals surface area (Å²) in [5, 5.41) is 10.2. The molecule has 1 saturated heterocycles. The lowest BCUT2D eigenvalue weighted by atomic mass is 10.1. The van der Waals surface area contributed by atoms with E-state index in [1.165, 1.54) is 0 Å². The van der Waals surface area contributed by atoms with Gasteiger partial charge in [-0.05, 0) is 37.5 Å². The zero-order valence-electron chi connectivity index (χ0n) is 12.3. The molecule has 1 aliphatic heterocycles. The summed E-state index contributed by atoms with van der Waals surface area (Å²) in [7, 11) is 0. The van der Waals surface area contributed by atoms with Gasteiger partial charge in [0, 0.05) is 29.7 Å². The number of nitrogens with zero attached hydrogens (tertiary/aromatic N) is 2. The van der Waals surface area contributed by atoms with Gasteiger partial charge in [-0.1, -0.05) is 23.2 Å². The number of anilines is 1. The molecule has 23 heavy (non-hydrogen) atoms. The Bertz CT molecular complexity index is 833. The van der Waals surface area contributed by atoms with Crippen molar-refractivity contribution in [2.75, 3.05) is 18.0 Å². The Labute approximate surface area is 143 Å². The third-order valence-corrected chi connectivity index (χ3v) is 4.48. The van der Waals surface area contributed by atoms with Gasteiger partial charge in [0.25, 0.3) is 0 Å². The smallest absolute Gasteiger partial charge is 0.356 e. The van der Waals surface area contributed by atoms with E-state index in [1.807, 2.05) is 6.07 Å². The zero-order chi connectivity index (χ0) is 16.4. The van der Waals surface area contributed by atoms with Crippen LogP contribution in [0, 0.1) is 11.3 Å². The summed E-state index contributed by atoms with van der Waals surface area (Å²) >= 11 is 12.1. The van der Waals surface area contributed by atoms with Crippen molar-refractivity contribution in [1.29, 1.82) is 5.26 Å². The molecule has 1 aliphatic rings. The highest BCUT2D eigenvalue weighted by Crippen LogP contribution is 2.33. The molecular formula is C17H14Cl2N2O2. The van der Waals surface area contributed by atoms with Crippen LogP contribution in [0.15, 0.2) is 33.5 Å². The minimum absolute atomic E-state index is 0.0423. The van der Waals surface area contributed by atoms with E-state index in [1.54, 1.807) is 24.3 Å². The van der Waals surface area contributed by atoms with Gasteiger partial charge in [0.1, 0.15) is 11.8 Å². The number of nitriles is 1. The average molecular weight is 349 g/mol. The van der Waals surface area contributed by atoms with Crippen LogP contribution in [-0.2, 0) is 0 Å². The highest BCUT2D eigenvalue weighted by molar-refractivity contribution is 6.36. The lowest BCUT2D eigenvalue weighted by Gasteiger charge is -2.29. The van der Waals surface area contributed by atoms with Gasteiger partial charge in [0.15, 0.2) is 5.56 Å². The van der Waals surface area contributed by atoms with Crippen molar-refractivity contribution in [2.24, 2.45) is 0 Å². The molecule has 0 saturated carbocycles. The molecule has 0 aliphatic carbocycles. The standard InChI is InChI=1S/C17H14Cl2N2O2/c18-11-4-5-12(14(19)8-11)16-9-15(13(10-20)17(22)23-16)21-6-2-1-3-7-21/h4-5,8-9H,1-3,6-7H2. The molecule has 0 spiro atoms. The molecule has 2 aromatic rings. The van der Waals surface area contributed by atoms with Crippen LogP contribution < -0.4 is 10.5 Å². The molecule has 118 valence electrons. The fourth-order valence-corrected chi connectivity index (χ4v) is 3.29. The summed E-state index contributed by atoms with van der Waals surface area (Å²) in [4.78, 5) is 14.3. The van der Waals surface area contributed by atoms with Crippen molar-refractivity contribution in [3.05, 3.63) is 50.3 Å². The molecule has 1 aromatic heterocycles. The predicted molar refractivity (Wildman–Crippen MR) is 91.2 cm³/mol. The van der Waals surface area contributed by atoms with Crippen LogP contribution in [0.4, 0.5) is 5.69 Å². The normalized spacial score (nSPS) is 14.6. The van der Waals surface area contributed by atoms with E-state index < -0.39 is 5.63 Å². The number of halogens is 2. The molecule has 0 bridgehead atoms. The van der Waals surface area contributed by atoms with E-state index in [2.05, 4.69) is 4.90 Å². The van der Waals surface area contributed by atoms with E-state index >= 15 is 0 Å². The van der Waals surface area contributed by atoms with Crippen LogP contribution in [-0.4, -0.2) is 13.1 Å². The molecule has 2 heterocycles. The Morgan fingerprint density at radius 1 is 1.13 bits per heavy atom. The molecular weight excluding hydrogens is 335 g/mol. The summed E-state index contributed by atoms with van der Waals surface area (Å²) < 4.78 is 5.31. The number of benzene rings is 1. The van der Waals surface area contributed by atoms with Crippen molar-refractivity contribution >= 4 is 28.9 Å². The van der Waals surface area contributed by atoms with Gasteiger partial charge in [0.05, 0.1) is 10.7 Å². The molecule has 6 heteroatoms. The number of hydrogen-bond acceptors (Lipinski definition) is 4. The highest BCUT2D eigenvalue weighted by Gasteiger charge is 2.20. The number of piperidine rings is 1. The number of rotatable bonds is 2. The first kappa shape index (κ1) is 15.9. The maximum atomic E-state index is 12.2. The van der Waals surface area contributed by atoms with Crippen molar-refractivity contribution in [2.45, 2.75) is 19.3 Å². The monoisotopic (exact) mass is 348 g/mol. The summed E-state index contributed by atoms with van der Waals surface area (Å²) in [6, 6.07) is 8.66. The highest BCUT2D eigenvalue weighted by atomic mass is 35.5. The molecule has 0 radical (unpaired) electrons. The maximum Gasteiger partial charge on any atom is 0.356 e. The van der Waals surface area contributed by atoms with Crippen molar-refractivity contribution in [3.63, 3.8) is 0 Å². The summed E-state index contributed by atoms with van der Waals surface area (Å²) in [6.07, 6.45) is 3.25. The molecule has 0 N–H and O–H groups in total. The molecule has 0 unspecified atom stereocenters. The minimum atomic E-state index is -0.642. The summed E-state index contributed by atoms with van der Waals surface area (Å²) in [5.74, 6) is 0.344. The lowest BCUT2D eigenvalue weighted by molar-refractivity contribution is 0.519. The topological polar surface area (TPSA) is 57.2 Å². The van der Waals surface area contributed by atoms with Gasteiger partial charge < -0.3 is 9.32 Å². The van der Waals surface area contributed by atoms with Crippen LogP contribution in [0.2, 0.25) is 10.0 Å². The fourth-order valence-electron chi connectivity index (χ4n) is 2.79. The molecule has 1 aromatic carbocycles. The van der Waals surface area contributed by atoms with E-state index in [0.29, 0.717) is 27.1 Å². The van der Waals surface area contributed by atoms with Crippen LogP contribution in [0.5, 0.6) is 0 Å². The third kappa shape index (κ3) is 3.21. The summed E-state index contributed by atoms with van der Waals surface area (Å²) in [5.41, 5.74) is 0.595. The van der Waals surface area contributed by atoms with Gasteiger partial charge in [0.2, 0.25) is 0 Å². The number of hydrogen-bond donors (Lipinski definition) is 0. The van der Waals surface area contributed by atoms with E-state index in [-0.39, 0.29) is 5.56 Å². The van der Waals surface area contributed by atoms with Gasteiger partial charge in [-0.15, -0.1) is 0 Å². The van der Waals surface area contributed by atoms with Crippen LogP contribution in [0.3, 0.4) is 0 Å².